The first kappa shape index (κ1) is 21.7. The van der Waals surface area contributed by atoms with E-state index in [2.05, 4.69) is 20.8 Å². The molecule has 30 heavy (non-hydrogen) atoms. The van der Waals surface area contributed by atoms with Gasteiger partial charge in [0.15, 0.2) is 5.82 Å². The van der Waals surface area contributed by atoms with Gasteiger partial charge in [0.05, 0.1) is 5.56 Å². The van der Waals surface area contributed by atoms with Crippen molar-refractivity contribution in [3.05, 3.63) is 60.1 Å². The number of pyridine rings is 1. The molecule has 2 aromatic heterocycles. The zero-order valence-electron chi connectivity index (χ0n) is 16.4. The summed E-state index contributed by atoms with van der Waals surface area (Å²) in [6, 6.07) is 7.69. The number of hydrogen-bond acceptors (Lipinski definition) is 5. The highest BCUT2D eigenvalue weighted by Crippen LogP contribution is 2.40. The minimum absolute atomic E-state index is 0.00144. The second-order valence-corrected chi connectivity index (χ2v) is 8.51. The highest BCUT2D eigenvalue weighted by molar-refractivity contribution is 7.99. The third-order valence-electron chi connectivity index (χ3n) is 3.91. The fraction of sp³-hybridized carbons (Fsp3) is 0.250. The lowest BCUT2D eigenvalue weighted by atomic mass is 9.93. The standard InChI is InChI=1S/C20H19F3N4O2S/c1-19(2,3)16-11-17(27-29-16)26-18(28)25-12-4-5-15(14(10-12)20(21,22)23)30-13-6-8-24-9-7-13/h4-11H,1-3H3,(H2,25,26,27,28). The zero-order chi connectivity index (χ0) is 21.9. The van der Waals surface area contributed by atoms with Crippen molar-refractivity contribution in [2.45, 2.75) is 42.2 Å². The van der Waals surface area contributed by atoms with Gasteiger partial charge in [0.25, 0.3) is 0 Å². The molecule has 0 saturated heterocycles. The Morgan fingerprint density at radius 3 is 2.33 bits per heavy atom. The van der Waals surface area contributed by atoms with Gasteiger partial charge in [0.2, 0.25) is 0 Å². The van der Waals surface area contributed by atoms with Crippen LogP contribution in [0.5, 0.6) is 0 Å². The van der Waals surface area contributed by atoms with E-state index in [1.807, 2.05) is 20.8 Å². The van der Waals surface area contributed by atoms with E-state index in [0.29, 0.717) is 10.7 Å². The Labute approximate surface area is 175 Å². The molecule has 1 aromatic carbocycles. The lowest BCUT2D eigenvalue weighted by Crippen LogP contribution is -2.20. The summed E-state index contributed by atoms with van der Waals surface area (Å²) in [4.78, 5) is 16.7. The molecule has 0 aliphatic rings. The second kappa shape index (κ2) is 8.39. The Bertz CT molecular complexity index is 1030. The van der Waals surface area contributed by atoms with E-state index in [0.717, 1.165) is 17.8 Å². The van der Waals surface area contributed by atoms with Crippen LogP contribution >= 0.6 is 11.8 Å². The number of urea groups is 1. The molecule has 0 bridgehead atoms. The van der Waals surface area contributed by atoms with Gasteiger partial charge in [-0.05, 0) is 30.3 Å². The van der Waals surface area contributed by atoms with Crippen LogP contribution in [0.15, 0.2) is 63.1 Å². The minimum atomic E-state index is -4.59. The minimum Gasteiger partial charge on any atom is -0.359 e. The third-order valence-corrected chi connectivity index (χ3v) is 5.00. The van der Waals surface area contributed by atoms with Gasteiger partial charge in [-0.2, -0.15) is 13.2 Å². The first-order valence-corrected chi connectivity index (χ1v) is 9.68. The maximum Gasteiger partial charge on any atom is 0.417 e. The van der Waals surface area contributed by atoms with Crippen LogP contribution in [0.1, 0.15) is 32.1 Å². The molecule has 0 radical (unpaired) electrons. The quantitative estimate of drug-likeness (QED) is 0.510. The maximum absolute atomic E-state index is 13.6. The van der Waals surface area contributed by atoms with E-state index in [4.69, 9.17) is 4.52 Å². The number of halogens is 3. The van der Waals surface area contributed by atoms with Crippen LogP contribution in [0.3, 0.4) is 0 Å². The third kappa shape index (κ3) is 5.53. The number of aromatic nitrogens is 2. The summed E-state index contributed by atoms with van der Waals surface area (Å²) in [6.07, 6.45) is -1.58. The predicted molar refractivity (Wildman–Crippen MR) is 108 cm³/mol. The summed E-state index contributed by atoms with van der Waals surface area (Å²) < 4.78 is 45.8. The molecule has 0 saturated carbocycles. The molecule has 0 aliphatic carbocycles. The van der Waals surface area contributed by atoms with Crippen molar-refractivity contribution in [3.8, 4) is 0 Å². The molecular formula is C20H19F3N4O2S. The zero-order valence-corrected chi connectivity index (χ0v) is 17.2. The van der Waals surface area contributed by atoms with Crippen LogP contribution in [0.25, 0.3) is 0 Å². The summed E-state index contributed by atoms with van der Waals surface area (Å²) >= 11 is 0.966. The first-order chi connectivity index (χ1) is 14.0. The van der Waals surface area contributed by atoms with Gasteiger partial charge in [0, 0.05) is 39.4 Å². The molecule has 0 fully saturated rings. The first-order valence-electron chi connectivity index (χ1n) is 8.87. The van der Waals surface area contributed by atoms with Gasteiger partial charge in [-0.3, -0.25) is 10.3 Å². The smallest absolute Gasteiger partial charge is 0.359 e. The second-order valence-electron chi connectivity index (χ2n) is 7.40. The van der Waals surface area contributed by atoms with Crippen LogP contribution in [-0.2, 0) is 11.6 Å². The highest BCUT2D eigenvalue weighted by atomic mass is 32.2. The van der Waals surface area contributed by atoms with Crippen LogP contribution in [0, 0.1) is 0 Å². The number of nitrogens with zero attached hydrogens (tertiary/aromatic N) is 2. The molecule has 0 atom stereocenters. The van der Waals surface area contributed by atoms with Gasteiger partial charge in [-0.15, -0.1) is 0 Å². The van der Waals surface area contributed by atoms with Crippen molar-refractivity contribution in [2.24, 2.45) is 0 Å². The molecule has 2 N–H and O–H groups in total. The Kier molecular flexibility index (Phi) is 6.06. The molecule has 3 rings (SSSR count). The van der Waals surface area contributed by atoms with Crippen LogP contribution in [0.2, 0.25) is 0 Å². The van der Waals surface area contributed by atoms with Crippen molar-refractivity contribution in [1.82, 2.24) is 10.1 Å². The van der Waals surface area contributed by atoms with Crippen LogP contribution in [0.4, 0.5) is 29.5 Å². The monoisotopic (exact) mass is 436 g/mol. The average Bonchev–Trinajstić information content (AvgIpc) is 3.12. The summed E-state index contributed by atoms with van der Waals surface area (Å²) in [5.74, 6) is 0.730. The number of carbonyl (C=O) groups excluding carboxylic acids is 1. The Morgan fingerprint density at radius 2 is 1.73 bits per heavy atom. The van der Waals surface area contributed by atoms with Gasteiger partial charge in [-0.25, -0.2) is 4.79 Å². The fourth-order valence-electron chi connectivity index (χ4n) is 2.42. The van der Waals surface area contributed by atoms with Crippen molar-refractivity contribution < 1.29 is 22.5 Å². The number of rotatable bonds is 4. The molecule has 10 heteroatoms. The summed E-state index contributed by atoms with van der Waals surface area (Å²) in [5.41, 5.74) is -1.15. The predicted octanol–water partition coefficient (Wildman–Crippen LogP) is 6.18. The molecule has 0 unspecified atom stereocenters. The topological polar surface area (TPSA) is 80.0 Å². The van der Waals surface area contributed by atoms with Crippen LogP contribution in [-0.4, -0.2) is 16.2 Å². The molecule has 6 nitrogen and oxygen atoms in total. The lowest BCUT2D eigenvalue weighted by Gasteiger charge is -2.15. The molecule has 2 amide bonds. The van der Waals surface area contributed by atoms with Gasteiger partial charge < -0.3 is 9.84 Å². The van der Waals surface area contributed by atoms with Crippen molar-refractivity contribution in [2.75, 3.05) is 10.6 Å². The van der Waals surface area contributed by atoms with Crippen molar-refractivity contribution in [1.29, 1.82) is 0 Å². The van der Waals surface area contributed by atoms with E-state index in [1.54, 1.807) is 18.2 Å². The molecular weight excluding hydrogens is 417 g/mol. The Balaban J connectivity index is 1.76. The average molecular weight is 436 g/mol. The molecule has 2 heterocycles. The summed E-state index contributed by atoms with van der Waals surface area (Å²) in [5, 5.41) is 8.58. The van der Waals surface area contributed by atoms with Crippen molar-refractivity contribution in [3.63, 3.8) is 0 Å². The largest absolute Gasteiger partial charge is 0.417 e. The van der Waals surface area contributed by atoms with Crippen molar-refractivity contribution >= 4 is 29.3 Å². The van der Waals surface area contributed by atoms with Gasteiger partial charge >= 0.3 is 12.2 Å². The number of benzene rings is 1. The molecule has 158 valence electrons. The molecule has 0 aliphatic heterocycles. The van der Waals surface area contributed by atoms with Gasteiger partial charge in [-0.1, -0.05) is 37.7 Å². The fourth-order valence-corrected chi connectivity index (χ4v) is 3.35. The van der Waals surface area contributed by atoms with E-state index in [-0.39, 0.29) is 21.8 Å². The number of alkyl halides is 3. The molecule has 0 spiro atoms. The van der Waals surface area contributed by atoms with E-state index in [9.17, 15) is 18.0 Å². The Morgan fingerprint density at radius 1 is 1.03 bits per heavy atom. The summed E-state index contributed by atoms with van der Waals surface area (Å²) in [6.45, 7) is 5.75. The Hall–Kier alpha value is -3.01. The highest BCUT2D eigenvalue weighted by Gasteiger charge is 2.34. The SMILES string of the molecule is CC(C)(C)c1cc(NC(=O)Nc2ccc(Sc3ccncc3)c(C(F)(F)F)c2)no1. The lowest BCUT2D eigenvalue weighted by molar-refractivity contribution is -0.139. The number of amides is 2. The van der Waals surface area contributed by atoms with E-state index < -0.39 is 17.8 Å². The van der Waals surface area contributed by atoms with Gasteiger partial charge in [0.1, 0.15) is 5.76 Å². The van der Waals surface area contributed by atoms with Crippen LogP contribution < -0.4 is 10.6 Å². The number of anilines is 2. The summed E-state index contributed by atoms with van der Waals surface area (Å²) in [7, 11) is 0. The maximum atomic E-state index is 13.6. The number of hydrogen-bond donors (Lipinski definition) is 2. The number of nitrogens with one attached hydrogen (secondary N) is 2. The van der Waals surface area contributed by atoms with E-state index >= 15 is 0 Å². The normalized spacial score (nSPS) is 11.9. The van der Waals surface area contributed by atoms with E-state index in [1.165, 1.54) is 24.5 Å². The number of carbonyl (C=O) groups is 1. The molecule has 3 aromatic rings.